The van der Waals surface area contributed by atoms with E-state index in [2.05, 4.69) is 12.0 Å². The highest BCUT2D eigenvalue weighted by atomic mass is 32.2. The molecule has 1 aromatic carbocycles. The topological polar surface area (TPSA) is 69.4 Å². The molecule has 0 fully saturated rings. The lowest BCUT2D eigenvalue weighted by Gasteiger charge is -2.06. The molecule has 1 atom stereocenters. The zero-order valence-electron chi connectivity index (χ0n) is 10.3. The number of benzene rings is 1. The number of nitro benzene ring substituents is 1. The number of hydrogen-bond donors (Lipinski definition) is 0. The molecule has 0 aliphatic rings. The lowest BCUT2D eigenvalue weighted by atomic mass is 9.99. The predicted molar refractivity (Wildman–Crippen MR) is 67.8 cm³/mol. The van der Waals surface area contributed by atoms with Gasteiger partial charge in [-0.15, -0.1) is 0 Å². The van der Waals surface area contributed by atoms with Crippen molar-refractivity contribution in [3.8, 4) is 12.0 Å². The molecule has 0 radical (unpaired) electrons. The van der Waals surface area contributed by atoms with Crippen molar-refractivity contribution in [2.45, 2.75) is 25.7 Å². The van der Waals surface area contributed by atoms with Crippen molar-refractivity contribution in [3.05, 3.63) is 34.4 Å². The third-order valence-electron chi connectivity index (χ3n) is 1.76. The lowest BCUT2D eigenvalue weighted by Crippen LogP contribution is -2.01. The second-order valence-corrected chi connectivity index (χ2v) is 5.66. The molecule has 96 valence electrons. The van der Waals surface area contributed by atoms with Gasteiger partial charge in [0.05, 0.1) is 9.82 Å². The Balaban J connectivity index is 2.81. The molecule has 1 aromatic rings. The number of nitro groups is 1. The van der Waals surface area contributed by atoms with Crippen molar-refractivity contribution >= 4 is 16.8 Å². The largest absolute Gasteiger partial charge is 0.342 e. The van der Waals surface area contributed by atoms with Gasteiger partial charge in [-0.1, -0.05) is 12.0 Å². The summed E-state index contributed by atoms with van der Waals surface area (Å²) >= 11 is -1.82. The Morgan fingerprint density at radius 2 is 2.06 bits per heavy atom. The van der Waals surface area contributed by atoms with Crippen LogP contribution in [0.3, 0.4) is 0 Å². The highest BCUT2D eigenvalue weighted by molar-refractivity contribution is 7.80. The quantitative estimate of drug-likeness (QED) is 0.479. The van der Waals surface area contributed by atoms with E-state index < -0.39 is 16.0 Å². The molecule has 0 amide bonds. The fourth-order valence-corrected chi connectivity index (χ4v) is 1.58. The van der Waals surface area contributed by atoms with E-state index >= 15 is 0 Å². The second-order valence-electron chi connectivity index (χ2n) is 4.55. The average molecular weight is 267 g/mol. The van der Waals surface area contributed by atoms with E-state index in [9.17, 15) is 14.3 Å². The predicted octanol–water partition coefficient (Wildman–Crippen LogP) is 2.64. The fraction of sp³-hybridized carbons (Fsp3) is 0.333. The molecule has 0 spiro atoms. The van der Waals surface area contributed by atoms with Crippen LogP contribution in [0.1, 0.15) is 20.8 Å². The zero-order chi connectivity index (χ0) is 13.8. The van der Waals surface area contributed by atoms with Gasteiger partial charge in [0.2, 0.25) is 11.1 Å². The van der Waals surface area contributed by atoms with Gasteiger partial charge < -0.3 is 4.18 Å². The van der Waals surface area contributed by atoms with Gasteiger partial charge in [-0.2, -0.15) is 0 Å². The van der Waals surface area contributed by atoms with Crippen LogP contribution in [0.5, 0.6) is 0 Å². The Hall–Kier alpha value is -1.87. The Kier molecular flexibility index (Phi) is 4.45. The van der Waals surface area contributed by atoms with Gasteiger partial charge in [0.25, 0.3) is 5.69 Å². The molecule has 0 aromatic heterocycles. The lowest BCUT2D eigenvalue weighted by molar-refractivity contribution is -0.385. The molecule has 5 nitrogen and oxygen atoms in total. The van der Waals surface area contributed by atoms with Crippen molar-refractivity contribution in [1.29, 1.82) is 0 Å². The van der Waals surface area contributed by atoms with E-state index in [1.54, 1.807) is 0 Å². The summed E-state index contributed by atoms with van der Waals surface area (Å²) in [4.78, 5) is 10.2. The van der Waals surface area contributed by atoms with Crippen LogP contribution in [-0.4, -0.2) is 9.13 Å². The third-order valence-corrected chi connectivity index (χ3v) is 2.64. The molecule has 0 aliphatic carbocycles. The average Bonchev–Trinajstić information content (AvgIpc) is 2.27. The Morgan fingerprint density at radius 1 is 1.39 bits per heavy atom. The highest BCUT2D eigenvalue weighted by Crippen LogP contribution is 2.16. The van der Waals surface area contributed by atoms with Gasteiger partial charge in [0.15, 0.2) is 0 Å². The summed E-state index contributed by atoms with van der Waals surface area (Å²) in [7, 11) is 0. The maximum atomic E-state index is 11.7. The molecule has 1 rings (SSSR count). The highest BCUT2D eigenvalue weighted by Gasteiger charge is 2.11. The zero-order valence-corrected chi connectivity index (χ0v) is 11.1. The second kappa shape index (κ2) is 5.65. The molecule has 0 saturated heterocycles. The normalized spacial score (nSPS) is 12.2. The van der Waals surface area contributed by atoms with Gasteiger partial charge in [0, 0.05) is 17.5 Å². The van der Waals surface area contributed by atoms with E-state index in [-0.39, 0.29) is 16.0 Å². The first kappa shape index (κ1) is 14.2. The Bertz CT molecular complexity index is 537. The molecule has 0 saturated carbocycles. The first-order valence-electron chi connectivity index (χ1n) is 5.15. The SMILES string of the molecule is CC(C)(C)C#COS(=O)c1cccc([N+](=O)[O-])c1. The van der Waals surface area contributed by atoms with Gasteiger partial charge in [-0.3, -0.25) is 10.1 Å². The first-order valence-corrected chi connectivity index (χ1v) is 6.23. The van der Waals surface area contributed by atoms with Crippen LogP contribution in [0, 0.1) is 27.6 Å². The summed E-state index contributed by atoms with van der Waals surface area (Å²) in [5, 5.41) is 10.6. The van der Waals surface area contributed by atoms with Crippen LogP contribution in [0.15, 0.2) is 29.2 Å². The van der Waals surface area contributed by atoms with Crippen molar-refractivity contribution in [1.82, 2.24) is 0 Å². The van der Waals surface area contributed by atoms with Gasteiger partial charge in [0.1, 0.15) is 6.11 Å². The number of rotatable bonds is 3. The van der Waals surface area contributed by atoms with Crippen molar-refractivity contribution in [2.24, 2.45) is 5.41 Å². The standard InChI is InChI=1S/C12H13NO4S/c1-12(2,3)7-8-17-18(16)11-6-4-5-10(9-11)13(14)15/h4-6,9H,1-3H3. The van der Waals surface area contributed by atoms with Crippen LogP contribution >= 0.6 is 0 Å². The van der Waals surface area contributed by atoms with Gasteiger partial charge >= 0.3 is 0 Å². The molecule has 6 heteroatoms. The summed E-state index contributed by atoms with van der Waals surface area (Å²) in [6.45, 7) is 5.67. The molecule has 0 N–H and O–H groups in total. The van der Waals surface area contributed by atoms with E-state index in [0.29, 0.717) is 0 Å². The van der Waals surface area contributed by atoms with Crippen LogP contribution < -0.4 is 0 Å². The summed E-state index contributed by atoms with van der Waals surface area (Å²) in [5.41, 5.74) is -0.388. The van der Waals surface area contributed by atoms with E-state index in [1.807, 2.05) is 20.8 Å². The number of nitrogens with zero attached hydrogens (tertiary/aromatic N) is 1. The van der Waals surface area contributed by atoms with Crippen molar-refractivity contribution in [3.63, 3.8) is 0 Å². The van der Waals surface area contributed by atoms with Crippen LogP contribution in [-0.2, 0) is 15.3 Å². The molecule has 0 bridgehead atoms. The van der Waals surface area contributed by atoms with Crippen LogP contribution in [0.25, 0.3) is 0 Å². The Morgan fingerprint density at radius 3 is 2.61 bits per heavy atom. The molecular formula is C12H13NO4S. The van der Waals surface area contributed by atoms with Crippen molar-refractivity contribution < 1.29 is 13.3 Å². The molecule has 0 heterocycles. The summed E-state index contributed by atoms with van der Waals surface area (Å²) in [6.07, 6.45) is 2.35. The van der Waals surface area contributed by atoms with Gasteiger partial charge in [-0.05, 0) is 26.8 Å². The molecule has 1 unspecified atom stereocenters. The first-order chi connectivity index (χ1) is 8.29. The Labute approximate surface area is 108 Å². The molecule has 0 aliphatic heterocycles. The van der Waals surface area contributed by atoms with Crippen molar-refractivity contribution in [2.75, 3.05) is 0 Å². The summed E-state index contributed by atoms with van der Waals surface area (Å²) in [5.74, 6) is 2.76. The molecular weight excluding hydrogens is 254 g/mol. The van der Waals surface area contributed by atoms with E-state index in [4.69, 9.17) is 4.18 Å². The van der Waals surface area contributed by atoms with Crippen LogP contribution in [0.2, 0.25) is 0 Å². The minimum Gasteiger partial charge on any atom is -0.342 e. The van der Waals surface area contributed by atoms with Gasteiger partial charge in [-0.25, -0.2) is 4.21 Å². The smallest absolute Gasteiger partial charge is 0.270 e. The monoisotopic (exact) mass is 267 g/mol. The molecule has 18 heavy (non-hydrogen) atoms. The third kappa shape index (κ3) is 4.55. The maximum Gasteiger partial charge on any atom is 0.270 e. The summed E-state index contributed by atoms with van der Waals surface area (Å²) < 4.78 is 16.5. The minimum atomic E-state index is -1.82. The minimum absolute atomic E-state index is 0.131. The summed E-state index contributed by atoms with van der Waals surface area (Å²) in [6, 6.07) is 5.46. The van der Waals surface area contributed by atoms with Crippen LogP contribution in [0.4, 0.5) is 5.69 Å². The number of hydrogen-bond acceptors (Lipinski definition) is 4. The van der Waals surface area contributed by atoms with E-state index in [1.165, 1.54) is 24.3 Å². The fourth-order valence-electron chi connectivity index (χ4n) is 0.961. The van der Waals surface area contributed by atoms with E-state index in [0.717, 1.165) is 0 Å². The maximum absolute atomic E-state index is 11.7. The number of non-ortho nitro benzene ring substituents is 1.